The van der Waals surface area contributed by atoms with Crippen molar-refractivity contribution in [2.45, 2.75) is 6.18 Å². The maximum Gasteiger partial charge on any atom is 0.416 e. The first-order valence-electron chi connectivity index (χ1n) is 7.62. The van der Waals surface area contributed by atoms with Crippen LogP contribution in [0, 0.1) is 0 Å². The summed E-state index contributed by atoms with van der Waals surface area (Å²) in [5.74, 6) is 0.266. The van der Waals surface area contributed by atoms with Crippen LogP contribution in [0.1, 0.15) is 5.56 Å². The van der Waals surface area contributed by atoms with Crippen molar-refractivity contribution in [3.8, 4) is 16.8 Å². The summed E-state index contributed by atoms with van der Waals surface area (Å²) in [6, 6.07) is 4.73. The van der Waals surface area contributed by atoms with Gasteiger partial charge in [0.15, 0.2) is 5.65 Å². The first kappa shape index (κ1) is 17.2. The average molecular weight is 391 g/mol. The molecule has 0 fully saturated rings. The molecule has 0 aliphatic rings. The highest BCUT2D eigenvalue weighted by atomic mass is 35.5. The van der Waals surface area contributed by atoms with Gasteiger partial charge in [-0.3, -0.25) is 0 Å². The zero-order valence-electron chi connectivity index (χ0n) is 13.4. The van der Waals surface area contributed by atoms with Gasteiger partial charge in [0.2, 0.25) is 0 Å². The highest BCUT2D eigenvalue weighted by Crippen LogP contribution is 2.35. The number of rotatable bonds is 2. The number of nitrogens with two attached hydrogens (primary N) is 1. The van der Waals surface area contributed by atoms with Crippen LogP contribution in [0.5, 0.6) is 0 Å². The minimum Gasteiger partial charge on any atom is -0.383 e. The molecule has 136 valence electrons. The Balaban J connectivity index is 1.94. The fraction of sp³-hybridized carbons (Fsp3) is 0.0588. The second-order valence-corrected chi connectivity index (χ2v) is 6.04. The Morgan fingerprint density at radius 2 is 1.85 bits per heavy atom. The van der Waals surface area contributed by atoms with E-state index in [4.69, 9.17) is 17.3 Å². The van der Waals surface area contributed by atoms with E-state index in [0.717, 1.165) is 12.1 Å². The van der Waals surface area contributed by atoms with Crippen molar-refractivity contribution in [1.29, 1.82) is 0 Å². The summed E-state index contributed by atoms with van der Waals surface area (Å²) in [7, 11) is 0. The van der Waals surface area contributed by atoms with E-state index in [1.165, 1.54) is 29.5 Å². The maximum absolute atomic E-state index is 13.1. The van der Waals surface area contributed by atoms with E-state index in [-0.39, 0.29) is 16.5 Å². The molecule has 0 atom stereocenters. The molecule has 3 aromatic heterocycles. The predicted octanol–water partition coefficient (Wildman–Crippen LogP) is 4.13. The number of pyridine rings is 1. The third-order valence-electron chi connectivity index (χ3n) is 4.01. The van der Waals surface area contributed by atoms with Gasteiger partial charge in [0.1, 0.15) is 12.1 Å². The quantitative estimate of drug-likeness (QED) is 0.556. The van der Waals surface area contributed by atoms with E-state index >= 15 is 0 Å². The van der Waals surface area contributed by atoms with Crippen molar-refractivity contribution in [3.63, 3.8) is 0 Å². The lowest BCUT2D eigenvalue weighted by Gasteiger charge is -2.11. The Kier molecular flexibility index (Phi) is 3.96. The summed E-state index contributed by atoms with van der Waals surface area (Å²) >= 11 is 6.12. The molecule has 0 saturated carbocycles. The van der Waals surface area contributed by atoms with E-state index in [0.29, 0.717) is 22.2 Å². The second kappa shape index (κ2) is 6.20. The van der Waals surface area contributed by atoms with Gasteiger partial charge in [-0.1, -0.05) is 11.6 Å². The number of nitrogen functional groups attached to an aromatic ring is 1. The number of benzene rings is 1. The molecule has 4 rings (SSSR count). The molecule has 0 bridgehead atoms. The van der Waals surface area contributed by atoms with Gasteiger partial charge in [0, 0.05) is 28.9 Å². The van der Waals surface area contributed by atoms with Crippen LogP contribution in [0.3, 0.4) is 0 Å². The number of alkyl halides is 3. The topological polar surface area (TPSA) is 82.5 Å². The zero-order chi connectivity index (χ0) is 19.2. The minimum atomic E-state index is -4.50. The molecule has 0 spiro atoms. The summed E-state index contributed by atoms with van der Waals surface area (Å²) < 4.78 is 40.5. The van der Waals surface area contributed by atoms with Gasteiger partial charge in [-0.15, -0.1) is 0 Å². The molecule has 0 unspecified atom stereocenters. The molecule has 2 N–H and O–H groups in total. The molecule has 3 heterocycles. The van der Waals surface area contributed by atoms with Gasteiger partial charge in [0.05, 0.1) is 22.5 Å². The highest BCUT2D eigenvalue weighted by molar-refractivity contribution is 6.32. The normalized spacial score (nSPS) is 11.9. The number of anilines is 1. The van der Waals surface area contributed by atoms with E-state index in [1.54, 1.807) is 12.3 Å². The van der Waals surface area contributed by atoms with Crippen LogP contribution < -0.4 is 5.73 Å². The third-order valence-corrected chi connectivity index (χ3v) is 4.33. The summed E-state index contributed by atoms with van der Waals surface area (Å²) in [4.78, 5) is 12.2. The van der Waals surface area contributed by atoms with Gasteiger partial charge < -0.3 is 5.73 Å². The Morgan fingerprint density at radius 1 is 1.04 bits per heavy atom. The van der Waals surface area contributed by atoms with Crippen LogP contribution in [-0.4, -0.2) is 24.7 Å². The molecule has 0 saturated heterocycles. The molecule has 4 aromatic rings. The van der Waals surface area contributed by atoms with Crippen molar-refractivity contribution in [2.24, 2.45) is 0 Å². The van der Waals surface area contributed by atoms with Crippen LogP contribution in [0.25, 0.3) is 27.8 Å². The van der Waals surface area contributed by atoms with Crippen LogP contribution in [0.2, 0.25) is 5.02 Å². The van der Waals surface area contributed by atoms with Gasteiger partial charge in [-0.2, -0.15) is 18.3 Å². The van der Waals surface area contributed by atoms with Crippen molar-refractivity contribution < 1.29 is 13.2 Å². The second-order valence-electron chi connectivity index (χ2n) is 5.64. The number of aromatic nitrogens is 5. The first-order valence-corrected chi connectivity index (χ1v) is 8.00. The molecule has 0 aliphatic heterocycles. The largest absolute Gasteiger partial charge is 0.416 e. The zero-order valence-corrected chi connectivity index (χ0v) is 14.2. The fourth-order valence-electron chi connectivity index (χ4n) is 2.74. The van der Waals surface area contributed by atoms with Crippen molar-refractivity contribution >= 4 is 28.5 Å². The monoisotopic (exact) mass is 390 g/mol. The maximum atomic E-state index is 13.1. The standard InChI is InChI=1S/C17H10ClF3N6/c18-13-2-1-9(17(19,20)21)5-14(13)27-16-12(7-26-27)10(3-4-24-16)11-6-23-8-25-15(11)22/h1-8H,(H2,22,23,25). The Bertz CT molecular complexity index is 1160. The smallest absolute Gasteiger partial charge is 0.383 e. The Hall–Kier alpha value is -3.20. The summed E-state index contributed by atoms with van der Waals surface area (Å²) in [5, 5.41) is 4.88. The molecule has 27 heavy (non-hydrogen) atoms. The predicted molar refractivity (Wildman–Crippen MR) is 94.3 cm³/mol. The number of nitrogens with zero attached hydrogens (tertiary/aromatic N) is 5. The van der Waals surface area contributed by atoms with E-state index < -0.39 is 11.7 Å². The SMILES string of the molecule is Nc1ncncc1-c1ccnc2c1cnn2-c1cc(C(F)(F)F)ccc1Cl. The lowest BCUT2D eigenvalue weighted by molar-refractivity contribution is -0.137. The summed E-state index contributed by atoms with van der Waals surface area (Å²) in [5.41, 5.74) is 6.71. The first-order chi connectivity index (χ1) is 12.9. The lowest BCUT2D eigenvalue weighted by atomic mass is 10.1. The molecule has 6 nitrogen and oxygen atoms in total. The number of halogens is 4. The van der Waals surface area contributed by atoms with E-state index in [9.17, 15) is 13.2 Å². The number of fused-ring (bicyclic) bond motifs is 1. The van der Waals surface area contributed by atoms with Gasteiger partial charge in [-0.25, -0.2) is 19.6 Å². The van der Waals surface area contributed by atoms with Crippen molar-refractivity contribution in [3.05, 3.63) is 59.8 Å². The van der Waals surface area contributed by atoms with Crippen molar-refractivity contribution in [1.82, 2.24) is 24.7 Å². The van der Waals surface area contributed by atoms with Gasteiger partial charge in [0.25, 0.3) is 0 Å². The fourth-order valence-corrected chi connectivity index (χ4v) is 2.94. The molecule has 0 aliphatic carbocycles. The van der Waals surface area contributed by atoms with Gasteiger partial charge in [-0.05, 0) is 24.3 Å². The summed E-state index contributed by atoms with van der Waals surface area (Å²) in [6.45, 7) is 0. The minimum absolute atomic E-state index is 0.0726. The Labute approximate surface area is 155 Å². The molecule has 10 heteroatoms. The van der Waals surface area contributed by atoms with E-state index in [2.05, 4.69) is 20.1 Å². The van der Waals surface area contributed by atoms with Gasteiger partial charge >= 0.3 is 6.18 Å². The molecular formula is C17H10ClF3N6. The molecular weight excluding hydrogens is 381 g/mol. The van der Waals surface area contributed by atoms with Crippen LogP contribution in [-0.2, 0) is 6.18 Å². The molecule has 0 amide bonds. The summed E-state index contributed by atoms with van der Waals surface area (Å²) in [6.07, 6.45) is 1.36. The van der Waals surface area contributed by atoms with E-state index in [1.807, 2.05) is 0 Å². The molecule has 1 aromatic carbocycles. The highest BCUT2D eigenvalue weighted by Gasteiger charge is 2.31. The van der Waals surface area contributed by atoms with Crippen LogP contribution >= 0.6 is 11.6 Å². The Morgan fingerprint density at radius 3 is 2.59 bits per heavy atom. The van der Waals surface area contributed by atoms with Crippen molar-refractivity contribution in [2.75, 3.05) is 5.73 Å². The molecule has 0 radical (unpaired) electrons. The number of hydrogen-bond donors (Lipinski definition) is 1. The number of hydrogen-bond acceptors (Lipinski definition) is 5. The average Bonchev–Trinajstić information content (AvgIpc) is 3.06. The lowest BCUT2D eigenvalue weighted by Crippen LogP contribution is -2.07. The van der Waals surface area contributed by atoms with Crippen LogP contribution in [0.15, 0.2) is 49.2 Å². The van der Waals surface area contributed by atoms with Crippen LogP contribution in [0.4, 0.5) is 19.0 Å². The third kappa shape index (κ3) is 2.95.